The van der Waals surface area contributed by atoms with E-state index in [1.165, 1.54) is 36.4 Å². The maximum absolute atomic E-state index is 12.7. The van der Waals surface area contributed by atoms with E-state index in [0.29, 0.717) is 16.7 Å². The third kappa shape index (κ3) is 4.02. The van der Waals surface area contributed by atoms with Crippen LogP contribution >= 0.6 is 0 Å². The molecule has 0 bridgehead atoms. The molecule has 1 aromatic heterocycles. The summed E-state index contributed by atoms with van der Waals surface area (Å²) >= 11 is 0. The maximum atomic E-state index is 12.7. The minimum absolute atomic E-state index is 0.0309. The molecule has 0 unspecified atom stereocenters. The monoisotopic (exact) mass is 520 g/mol. The quantitative estimate of drug-likeness (QED) is 0.261. The number of hydrogen-bond acceptors (Lipinski definition) is 7. The van der Waals surface area contributed by atoms with Gasteiger partial charge in [0.1, 0.15) is 23.0 Å². The number of ether oxygens (including phenoxy) is 2. The van der Waals surface area contributed by atoms with E-state index in [1.807, 2.05) is 36.6 Å². The van der Waals surface area contributed by atoms with Crippen LogP contribution < -0.4 is 4.74 Å². The highest BCUT2D eigenvalue weighted by molar-refractivity contribution is 6.00. The Hall–Kier alpha value is -5.57. The number of phenolic OH excluding ortho intramolecular Hbond substituents is 2. The first-order chi connectivity index (χ1) is 18.8. The lowest BCUT2D eigenvalue weighted by molar-refractivity contribution is 0.0224. The van der Waals surface area contributed by atoms with Crippen LogP contribution in [0.15, 0.2) is 95.8 Å². The summed E-state index contributed by atoms with van der Waals surface area (Å²) in [5.74, 6) is -1.37. The topological polar surface area (TPSA) is 141 Å². The standard InChI is InChI=1S/C21H12O7.C9H8N2/c22-11-2-5-15-17(8-11)27-18-9-12(23)3-6-16(18)21(15)14-4-1-10(19(24)25)7-13(14)20(26)28-21;1-3-8(10-5-1)7-9-4-2-6-11-9/h1-9,22-23H,(H,24,25);1-7,10H. The predicted octanol–water partition coefficient (Wildman–Crippen LogP) is 5.36. The van der Waals surface area contributed by atoms with Crippen molar-refractivity contribution in [3.8, 4) is 23.0 Å². The summed E-state index contributed by atoms with van der Waals surface area (Å²) < 4.78 is 11.7. The molecule has 4 heterocycles. The van der Waals surface area contributed by atoms with Crippen molar-refractivity contribution >= 4 is 24.2 Å². The number of aliphatic imine (C=N–C) groups is 1. The second kappa shape index (κ2) is 9.07. The number of carbonyl (C=O) groups excluding carboxylic acids is 1. The molecular weight excluding hydrogens is 500 g/mol. The number of carbonyl (C=O) groups is 2. The number of H-pyrrole nitrogens is 1. The van der Waals surface area contributed by atoms with Gasteiger partial charge in [-0.2, -0.15) is 0 Å². The zero-order chi connectivity index (χ0) is 27.1. The summed E-state index contributed by atoms with van der Waals surface area (Å²) in [5.41, 5.74) is 2.24. The lowest BCUT2D eigenvalue weighted by Crippen LogP contribution is -2.32. The summed E-state index contributed by atoms with van der Waals surface area (Å²) in [6.07, 6.45) is 9.58. The maximum Gasteiger partial charge on any atom is 0.340 e. The van der Waals surface area contributed by atoms with Gasteiger partial charge in [0.2, 0.25) is 0 Å². The highest BCUT2D eigenvalue weighted by Crippen LogP contribution is 2.57. The number of carboxylic acids is 1. The highest BCUT2D eigenvalue weighted by atomic mass is 16.6. The van der Waals surface area contributed by atoms with Crippen molar-refractivity contribution in [3.63, 3.8) is 0 Å². The summed E-state index contributed by atoms with van der Waals surface area (Å²) in [6, 6.07) is 17.1. The highest BCUT2D eigenvalue weighted by Gasteiger charge is 2.53. The Labute approximate surface area is 221 Å². The van der Waals surface area contributed by atoms with E-state index in [9.17, 15) is 24.9 Å². The molecule has 0 fully saturated rings. The minimum Gasteiger partial charge on any atom is -0.508 e. The Morgan fingerprint density at radius 1 is 0.923 bits per heavy atom. The second-order valence-corrected chi connectivity index (χ2v) is 8.93. The molecule has 9 nitrogen and oxygen atoms in total. The van der Waals surface area contributed by atoms with Crippen molar-refractivity contribution in [2.45, 2.75) is 5.60 Å². The van der Waals surface area contributed by atoms with E-state index in [4.69, 9.17) is 9.47 Å². The van der Waals surface area contributed by atoms with E-state index < -0.39 is 17.5 Å². The third-order valence-electron chi connectivity index (χ3n) is 6.52. The third-order valence-corrected chi connectivity index (χ3v) is 6.52. The van der Waals surface area contributed by atoms with E-state index in [1.54, 1.807) is 24.4 Å². The van der Waals surface area contributed by atoms with Crippen molar-refractivity contribution in [1.29, 1.82) is 0 Å². The van der Waals surface area contributed by atoms with E-state index >= 15 is 0 Å². The van der Waals surface area contributed by atoms with E-state index in [2.05, 4.69) is 9.98 Å². The number of rotatable bonds is 2. The molecular formula is C30H20N2O7. The van der Waals surface area contributed by atoms with Gasteiger partial charge in [0.15, 0.2) is 5.60 Å². The minimum atomic E-state index is -1.38. The Bertz CT molecular complexity index is 1670. The van der Waals surface area contributed by atoms with Crippen molar-refractivity contribution < 1.29 is 34.4 Å². The lowest BCUT2D eigenvalue weighted by Gasteiger charge is -2.36. The first-order valence-electron chi connectivity index (χ1n) is 11.9. The number of aromatic hydroxyl groups is 2. The molecule has 0 amide bonds. The normalized spacial score (nSPS) is 16.1. The number of esters is 1. The zero-order valence-corrected chi connectivity index (χ0v) is 20.2. The van der Waals surface area contributed by atoms with Crippen LogP contribution in [0.3, 0.4) is 0 Å². The molecule has 7 rings (SSSR count). The number of carboxylic acid groups (broad SMARTS) is 1. The fraction of sp³-hybridized carbons (Fsp3) is 0.0333. The number of benzene rings is 3. The van der Waals surface area contributed by atoms with Gasteiger partial charge in [-0.1, -0.05) is 6.07 Å². The van der Waals surface area contributed by atoms with Gasteiger partial charge in [-0.05, 0) is 66.8 Å². The van der Waals surface area contributed by atoms with Crippen molar-refractivity contribution in [1.82, 2.24) is 4.98 Å². The van der Waals surface area contributed by atoms with Crippen molar-refractivity contribution in [2.24, 2.45) is 4.99 Å². The van der Waals surface area contributed by atoms with Gasteiger partial charge in [0, 0.05) is 46.9 Å². The number of nitrogens with zero attached hydrogens (tertiary/aromatic N) is 1. The van der Waals surface area contributed by atoms with Gasteiger partial charge in [-0.25, -0.2) is 9.59 Å². The Morgan fingerprint density at radius 3 is 2.21 bits per heavy atom. The zero-order valence-electron chi connectivity index (χ0n) is 20.2. The van der Waals surface area contributed by atoms with Crippen LogP contribution in [0.25, 0.3) is 6.08 Å². The molecule has 0 saturated carbocycles. The molecule has 3 aliphatic rings. The van der Waals surface area contributed by atoms with Gasteiger partial charge in [0.05, 0.1) is 16.8 Å². The molecule has 1 spiro atoms. The fourth-order valence-electron chi connectivity index (χ4n) is 4.83. The second-order valence-electron chi connectivity index (χ2n) is 8.93. The van der Waals surface area contributed by atoms with E-state index in [-0.39, 0.29) is 34.1 Å². The molecule has 0 aliphatic carbocycles. The van der Waals surface area contributed by atoms with Crippen LogP contribution in [0, 0.1) is 0 Å². The summed E-state index contributed by atoms with van der Waals surface area (Å²) in [6.45, 7) is 0. The van der Waals surface area contributed by atoms with E-state index in [0.717, 1.165) is 11.4 Å². The van der Waals surface area contributed by atoms with Gasteiger partial charge < -0.3 is 29.8 Å². The lowest BCUT2D eigenvalue weighted by atomic mass is 9.77. The summed E-state index contributed by atoms with van der Waals surface area (Å²) in [5, 5.41) is 29.0. The molecule has 4 aromatic rings. The Balaban J connectivity index is 0.000000210. The molecule has 4 N–H and O–H groups in total. The molecule has 192 valence electrons. The van der Waals surface area contributed by atoms with Crippen molar-refractivity contribution in [3.05, 3.63) is 124 Å². The largest absolute Gasteiger partial charge is 0.508 e. The van der Waals surface area contributed by atoms with Crippen LogP contribution in [-0.4, -0.2) is 38.5 Å². The van der Waals surface area contributed by atoms with Crippen LogP contribution in [0.2, 0.25) is 0 Å². The Morgan fingerprint density at radius 2 is 1.62 bits per heavy atom. The van der Waals surface area contributed by atoms with Gasteiger partial charge in [-0.3, -0.25) is 4.99 Å². The molecule has 9 heteroatoms. The average Bonchev–Trinajstić information content (AvgIpc) is 3.67. The van der Waals surface area contributed by atoms with Gasteiger partial charge in [0.25, 0.3) is 0 Å². The van der Waals surface area contributed by atoms with Crippen molar-refractivity contribution in [2.75, 3.05) is 0 Å². The van der Waals surface area contributed by atoms with Crippen LogP contribution in [0.1, 0.15) is 43.1 Å². The smallest absolute Gasteiger partial charge is 0.340 e. The number of nitrogens with one attached hydrogen (secondary N) is 1. The average molecular weight is 520 g/mol. The van der Waals surface area contributed by atoms with Crippen LogP contribution in [0.5, 0.6) is 23.0 Å². The summed E-state index contributed by atoms with van der Waals surface area (Å²) in [4.78, 5) is 31.2. The number of allylic oxidation sites excluding steroid dienone is 2. The predicted molar refractivity (Wildman–Crippen MR) is 141 cm³/mol. The van der Waals surface area contributed by atoms with Gasteiger partial charge >= 0.3 is 11.9 Å². The van der Waals surface area contributed by atoms with Crippen LogP contribution in [0.4, 0.5) is 0 Å². The van der Waals surface area contributed by atoms with Gasteiger partial charge in [-0.15, -0.1) is 0 Å². The first-order valence-corrected chi connectivity index (χ1v) is 11.9. The molecule has 39 heavy (non-hydrogen) atoms. The number of aromatic amines is 1. The first kappa shape index (κ1) is 23.8. The SMILES string of the molecule is C1=CC(=Cc2ccc[nH]2)N=C1.O=C(O)c1ccc2c(c1)C(=O)OC21c2ccc(O)cc2Oc2cc(O)ccc21. The molecule has 3 aliphatic heterocycles. The number of fused-ring (bicyclic) bond motifs is 6. The van der Waals surface area contributed by atoms with Crippen LogP contribution in [-0.2, 0) is 10.3 Å². The molecule has 0 atom stereocenters. The number of aromatic carboxylic acids is 1. The number of aromatic nitrogens is 1. The molecule has 0 radical (unpaired) electrons. The Kier molecular flexibility index (Phi) is 5.54. The number of phenols is 2. The fourth-order valence-corrected chi connectivity index (χ4v) is 4.83. The number of hydrogen-bond donors (Lipinski definition) is 4. The molecule has 0 saturated heterocycles. The molecule has 3 aromatic carbocycles. The summed E-state index contributed by atoms with van der Waals surface area (Å²) in [7, 11) is 0.